The summed E-state index contributed by atoms with van der Waals surface area (Å²) in [5.41, 5.74) is 7.89. The Hall–Kier alpha value is -1.37. The lowest BCUT2D eigenvalue weighted by Gasteiger charge is -2.37. The summed E-state index contributed by atoms with van der Waals surface area (Å²) in [6, 6.07) is 10.2. The third-order valence-corrected chi connectivity index (χ3v) is 3.24. The summed E-state index contributed by atoms with van der Waals surface area (Å²) < 4.78 is 0. The van der Waals surface area contributed by atoms with E-state index in [2.05, 4.69) is 38.8 Å². The summed E-state index contributed by atoms with van der Waals surface area (Å²) in [5, 5.41) is 8.90. The van der Waals surface area contributed by atoms with E-state index in [4.69, 9.17) is 11.0 Å². The van der Waals surface area contributed by atoms with Crippen molar-refractivity contribution in [1.29, 1.82) is 5.26 Å². The van der Waals surface area contributed by atoms with Crippen LogP contribution in [-0.4, -0.2) is 24.5 Å². The van der Waals surface area contributed by atoms with Gasteiger partial charge in [-0.3, -0.25) is 4.90 Å². The van der Waals surface area contributed by atoms with Gasteiger partial charge in [0.2, 0.25) is 0 Å². The molecule has 1 aromatic rings. The number of hydrogen-bond donors (Lipinski definition) is 1. The zero-order chi connectivity index (χ0) is 13.8. The molecule has 0 aliphatic carbocycles. The van der Waals surface area contributed by atoms with Gasteiger partial charge in [0.15, 0.2) is 0 Å². The number of rotatable bonds is 4. The Morgan fingerprint density at radius 3 is 2.56 bits per heavy atom. The fourth-order valence-electron chi connectivity index (χ4n) is 2.33. The highest BCUT2D eigenvalue weighted by Crippen LogP contribution is 2.24. The van der Waals surface area contributed by atoms with Crippen molar-refractivity contribution in [2.75, 3.05) is 13.6 Å². The fourth-order valence-corrected chi connectivity index (χ4v) is 2.33. The van der Waals surface area contributed by atoms with E-state index in [1.807, 2.05) is 24.3 Å². The molecule has 3 heteroatoms. The Morgan fingerprint density at radius 1 is 1.39 bits per heavy atom. The first kappa shape index (κ1) is 14.7. The van der Waals surface area contributed by atoms with Crippen LogP contribution >= 0.6 is 0 Å². The highest BCUT2D eigenvalue weighted by molar-refractivity contribution is 5.32. The Labute approximate surface area is 110 Å². The van der Waals surface area contributed by atoms with Crippen molar-refractivity contribution in [2.24, 2.45) is 11.1 Å². The number of nitriles is 1. The largest absolute Gasteiger partial charge is 0.329 e. The summed E-state index contributed by atoms with van der Waals surface area (Å²) in [6.07, 6.45) is 0. The fraction of sp³-hybridized carbons (Fsp3) is 0.533. The molecule has 3 nitrogen and oxygen atoms in total. The van der Waals surface area contributed by atoms with Crippen LogP contribution in [0.4, 0.5) is 0 Å². The van der Waals surface area contributed by atoms with Crippen LogP contribution in [0.15, 0.2) is 24.3 Å². The number of hydrogen-bond acceptors (Lipinski definition) is 3. The summed E-state index contributed by atoms with van der Waals surface area (Å²) in [4.78, 5) is 2.26. The topological polar surface area (TPSA) is 53.0 Å². The van der Waals surface area contributed by atoms with E-state index in [0.29, 0.717) is 18.2 Å². The van der Waals surface area contributed by atoms with Crippen LogP contribution in [0.3, 0.4) is 0 Å². The predicted octanol–water partition coefficient (Wildman–Crippen LogP) is 2.36. The molecule has 0 saturated carbocycles. The zero-order valence-electron chi connectivity index (χ0n) is 11.8. The standard InChI is InChI=1S/C15H23N3/c1-15(2,3)14(10-17)18(4)11-13-7-5-6-12(8-13)9-16/h5-8,14H,10-11,17H2,1-4H3. The second kappa shape index (κ2) is 5.99. The summed E-state index contributed by atoms with van der Waals surface area (Å²) in [6.45, 7) is 8.05. The number of benzene rings is 1. The minimum atomic E-state index is 0.149. The van der Waals surface area contributed by atoms with Gasteiger partial charge in [0.25, 0.3) is 0 Å². The second-order valence-corrected chi connectivity index (χ2v) is 5.84. The normalized spacial score (nSPS) is 13.4. The van der Waals surface area contributed by atoms with Crippen LogP contribution in [0.1, 0.15) is 31.9 Å². The van der Waals surface area contributed by atoms with Gasteiger partial charge in [-0.05, 0) is 30.2 Å². The van der Waals surface area contributed by atoms with Gasteiger partial charge in [-0.2, -0.15) is 5.26 Å². The van der Waals surface area contributed by atoms with Crippen LogP contribution in [0, 0.1) is 16.7 Å². The summed E-state index contributed by atoms with van der Waals surface area (Å²) in [7, 11) is 2.09. The predicted molar refractivity (Wildman–Crippen MR) is 74.9 cm³/mol. The van der Waals surface area contributed by atoms with Crippen LogP contribution < -0.4 is 5.73 Å². The van der Waals surface area contributed by atoms with Crippen LogP contribution in [0.5, 0.6) is 0 Å². The van der Waals surface area contributed by atoms with E-state index in [1.54, 1.807) is 0 Å². The van der Waals surface area contributed by atoms with E-state index in [0.717, 1.165) is 12.1 Å². The van der Waals surface area contributed by atoms with Crippen molar-refractivity contribution in [3.63, 3.8) is 0 Å². The molecule has 1 unspecified atom stereocenters. The molecule has 1 rings (SSSR count). The van der Waals surface area contributed by atoms with E-state index in [9.17, 15) is 0 Å². The van der Waals surface area contributed by atoms with Gasteiger partial charge in [0, 0.05) is 19.1 Å². The molecule has 0 bridgehead atoms. The van der Waals surface area contributed by atoms with Crippen molar-refractivity contribution >= 4 is 0 Å². The molecular formula is C15H23N3. The van der Waals surface area contributed by atoms with Crippen molar-refractivity contribution in [2.45, 2.75) is 33.4 Å². The Balaban J connectivity index is 2.80. The van der Waals surface area contributed by atoms with Gasteiger partial charge in [-0.15, -0.1) is 0 Å². The van der Waals surface area contributed by atoms with Gasteiger partial charge < -0.3 is 5.73 Å². The van der Waals surface area contributed by atoms with Crippen molar-refractivity contribution in [3.05, 3.63) is 35.4 Å². The average Bonchev–Trinajstić information content (AvgIpc) is 2.28. The number of likely N-dealkylation sites (N-methyl/N-ethyl adjacent to an activating group) is 1. The highest BCUT2D eigenvalue weighted by Gasteiger charge is 2.26. The molecule has 0 aliphatic rings. The average molecular weight is 245 g/mol. The van der Waals surface area contributed by atoms with Crippen molar-refractivity contribution in [3.8, 4) is 6.07 Å². The van der Waals surface area contributed by atoms with Crippen LogP contribution in [0.2, 0.25) is 0 Å². The smallest absolute Gasteiger partial charge is 0.0991 e. The van der Waals surface area contributed by atoms with Gasteiger partial charge in [-0.1, -0.05) is 32.9 Å². The monoisotopic (exact) mass is 245 g/mol. The molecule has 0 saturated heterocycles. The molecule has 0 fully saturated rings. The molecule has 0 heterocycles. The SMILES string of the molecule is CN(Cc1cccc(C#N)c1)C(CN)C(C)(C)C. The minimum absolute atomic E-state index is 0.149. The lowest BCUT2D eigenvalue weighted by Crippen LogP contribution is -2.46. The maximum Gasteiger partial charge on any atom is 0.0991 e. The molecule has 2 N–H and O–H groups in total. The molecule has 1 atom stereocenters. The van der Waals surface area contributed by atoms with Gasteiger partial charge in [0.1, 0.15) is 0 Å². The molecule has 1 aromatic carbocycles. The van der Waals surface area contributed by atoms with Gasteiger partial charge in [-0.25, -0.2) is 0 Å². The molecular weight excluding hydrogens is 222 g/mol. The summed E-state index contributed by atoms with van der Waals surface area (Å²) >= 11 is 0. The Kier molecular flexibility index (Phi) is 4.89. The maximum atomic E-state index is 8.90. The third kappa shape index (κ3) is 3.83. The third-order valence-electron chi connectivity index (χ3n) is 3.24. The first-order valence-electron chi connectivity index (χ1n) is 6.28. The molecule has 0 spiro atoms. The Morgan fingerprint density at radius 2 is 2.06 bits per heavy atom. The Bertz CT molecular complexity index is 426. The highest BCUT2D eigenvalue weighted by atomic mass is 15.1. The zero-order valence-corrected chi connectivity index (χ0v) is 11.8. The van der Waals surface area contributed by atoms with Crippen molar-refractivity contribution in [1.82, 2.24) is 4.90 Å². The van der Waals surface area contributed by atoms with Crippen LogP contribution in [-0.2, 0) is 6.54 Å². The van der Waals surface area contributed by atoms with Gasteiger partial charge >= 0.3 is 0 Å². The molecule has 0 amide bonds. The molecule has 18 heavy (non-hydrogen) atoms. The van der Waals surface area contributed by atoms with E-state index in [1.165, 1.54) is 0 Å². The van der Waals surface area contributed by atoms with E-state index < -0.39 is 0 Å². The first-order chi connectivity index (χ1) is 8.38. The molecule has 0 aliphatic heterocycles. The number of nitrogens with zero attached hydrogens (tertiary/aromatic N) is 2. The van der Waals surface area contributed by atoms with E-state index in [-0.39, 0.29) is 5.41 Å². The molecule has 98 valence electrons. The molecule has 0 aromatic heterocycles. The maximum absolute atomic E-state index is 8.90. The first-order valence-corrected chi connectivity index (χ1v) is 6.28. The second-order valence-electron chi connectivity index (χ2n) is 5.84. The lowest BCUT2D eigenvalue weighted by atomic mass is 9.85. The molecule has 0 radical (unpaired) electrons. The summed E-state index contributed by atoms with van der Waals surface area (Å²) in [5.74, 6) is 0. The van der Waals surface area contributed by atoms with Crippen molar-refractivity contribution < 1.29 is 0 Å². The quantitative estimate of drug-likeness (QED) is 0.886. The van der Waals surface area contributed by atoms with Gasteiger partial charge in [0.05, 0.1) is 11.6 Å². The van der Waals surface area contributed by atoms with Crippen LogP contribution in [0.25, 0.3) is 0 Å². The van der Waals surface area contributed by atoms with E-state index >= 15 is 0 Å². The lowest BCUT2D eigenvalue weighted by molar-refractivity contribution is 0.125. The number of nitrogens with two attached hydrogens (primary N) is 1. The minimum Gasteiger partial charge on any atom is -0.329 e.